The molecular formula is C10H13N5S. The van der Waals surface area contributed by atoms with E-state index in [0.29, 0.717) is 0 Å². The number of nitrogens with one attached hydrogen (secondary N) is 2. The Balaban J connectivity index is 1.96. The van der Waals surface area contributed by atoms with Crippen molar-refractivity contribution >= 4 is 17.4 Å². The highest BCUT2D eigenvalue weighted by Crippen LogP contribution is 2.18. The van der Waals surface area contributed by atoms with Crippen LogP contribution < -0.4 is 5.32 Å². The summed E-state index contributed by atoms with van der Waals surface area (Å²) in [7, 11) is 0. The van der Waals surface area contributed by atoms with E-state index in [-0.39, 0.29) is 0 Å². The Kier molecular flexibility index (Phi) is 3.76. The van der Waals surface area contributed by atoms with Gasteiger partial charge in [0, 0.05) is 24.2 Å². The summed E-state index contributed by atoms with van der Waals surface area (Å²) in [5.74, 6) is 0.786. The fourth-order valence-corrected chi connectivity index (χ4v) is 1.96. The summed E-state index contributed by atoms with van der Waals surface area (Å²) in [5.41, 5.74) is 2.13. The van der Waals surface area contributed by atoms with Crippen LogP contribution in [0.5, 0.6) is 0 Å². The summed E-state index contributed by atoms with van der Waals surface area (Å²) in [6.07, 6.45) is 3.32. The second kappa shape index (κ2) is 5.50. The Morgan fingerprint density at radius 2 is 2.38 bits per heavy atom. The summed E-state index contributed by atoms with van der Waals surface area (Å²) >= 11 is 1.59. The van der Waals surface area contributed by atoms with Crippen molar-refractivity contribution in [2.45, 2.75) is 17.8 Å². The van der Waals surface area contributed by atoms with E-state index in [0.717, 1.165) is 28.8 Å². The summed E-state index contributed by atoms with van der Waals surface area (Å²) in [5, 5.41) is 10.7. The maximum atomic E-state index is 4.30. The van der Waals surface area contributed by atoms with Gasteiger partial charge in [-0.05, 0) is 19.1 Å². The highest BCUT2D eigenvalue weighted by atomic mass is 32.2. The Morgan fingerprint density at radius 1 is 1.44 bits per heavy atom. The molecule has 0 saturated heterocycles. The molecule has 0 aliphatic carbocycles. The molecule has 0 aliphatic heterocycles. The van der Waals surface area contributed by atoms with Gasteiger partial charge in [0.15, 0.2) is 5.16 Å². The monoisotopic (exact) mass is 235 g/mol. The molecule has 0 fully saturated rings. The zero-order chi connectivity index (χ0) is 11.2. The van der Waals surface area contributed by atoms with Gasteiger partial charge in [-0.25, -0.2) is 4.98 Å². The van der Waals surface area contributed by atoms with Crippen LogP contribution in [0.4, 0.5) is 5.69 Å². The van der Waals surface area contributed by atoms with Crippen molar-refractivity contribution in [3.8, 4) is 0 Å². The summed E-state index contributed by atoms with van der Waals surface area (Å²) in [4.78, 5) is 8.34. The first-order valence-corrected chi connectivity index (χ1v) is 6.04. The van der Waals surface area contributed by atoms with Gasteiger partial charge in [0.05, 0.1) is 5.69 Å². The number of anilines is 1. The first-order valence-electron chi connectivity index (χ1n) is 5.05. The molecule has 16 heavy (non-hydrogen) atoms. The number of hydrogen-bond donors (Lipinski definition) is 2. The molecule has 0 bridgehead atoms. The van der Waals surface area contributed by atoms with Gasteiger partial charge < -0.3 is 5.32 Å². The number of aromatic nitrogens is 4. The molecule has 0 unspecified atom stereocenters. The summed E-state index contributed by atoms with van der Waals surface area (Å²) in [6.45, 7) is 2.99. The normalized spacial score (nSPS) is 10.3. The number of pyridine rings is 1. The number of nitrogens with zero attached hydrogens (tertiary/aromatic N) is 3. The summed E-state index contributed by atoms with van der Waals surface area (Å²) < 4.78 is 0. The number of hydrogen-bond acceptors (Lipinski definition) is 5. The fourth-order valence-electron chi connectivity index (χ4n) is 1.28. The zero-order valence-corrected chi connectivity index (χ0v) is 9.79. The van der Waals surface area contributed by atoms with Gasteiger partial charge in [0.2, 0.25) is 0 Å². The molecule has 0 spiro atoms. The van der Waals surface area contributed by atoms with Gasteiger partial charge >= 0.3 is 0 Å². The van der Waals surface area contributed by atoms with E-state index in [1.807, 2.05) is 18.3 Å². The maximum Gasteiger partial charge on any atom is 0.183 e. The van der Waals surface area contributed by atoms with E-state index >= 15 is 0 Å². The molecule has 2 N–H and O–H groups in total. The Bertz CT molecular complexity index is 429. The predicted molar refractivity (Wildman–Crippen MR) is 64.3 cm³/mol. The third-order valence-electron chi connectivity index (χ3n) is 1.95. The Labute approximate surface area is 98.1 Å². The molecular weight excluding hydrogens is 222 g/mol. The van der Waals surface area contributed by atoms with Crippen LogP contribution in [-0.2, 0) is 5.75 Å². The van der Waals surface area contributed by atoms with Crippen molar-refractivity contribution in [2.24, 2.45) is 0 Å². The lowest BCUT2D eigenvalue weighted by molar-refractivity contribution is 0.971. The minimum absolute atomic E-state index is 0.786. The topological polar surface area (TPSA) is 66.5 Å². The summed E-state index contributed by atoms with van der Waals surface area (Å²) in [6, 6.07) is 4.01. The fraction of sp³-hybridized carbons (Fsp3) is 0.300. The van der Waals surface area contributed by atoms with Crippen molar-refractivity contribution in [1.29, 1.82) is 0 Å². The average Bonchev–Trinajstić information content (AvgIpc) is 2.80. The minimum Gasteiger partial charge on any atom is -0.385 e. The van der Waals surface area contributed by atoms with Crippen LogP contribution in [0.15, 0.2) is 29.8 Å². The molecule has 0 amide bonds. The molecule has 2 rings (SSSR count). The smallest absolute Gasteiger partial charge is 0.183 e. The third kappa shape index (κ3) is 2.96. The molecule has 2 aromatic rings. The molecule has 0 atom stereocenters. The lowest BCUT2D eigenvalue weighted by Crippen LogP contribution is -1.97. The standard InChI is InChI=1S/C10H13N5S/c1-2-11-8-3-4-12-9(5-8)6-16-10-13-7-14-15-10/h3-5,7H,2,6H2,1H3,(H,11,12)(H,13,14,15). The molecule has 84 valence electrons. The van der Waals surface area contributed by atoms with Crippen molar-refractivity contribution < 1.29 is 0 Å². The minimum atomic E-state index is 0.786. The highest BCUT2D eigenvalue weighted by Gasteiger charge is 2.00. The van der Waals surface area contributed by atoms with Crippen LogP contribution in [0.25, 0.3) is 0 Å². The quantitative estimate of drug-likeness (QED) is 0.775. The van der Waals surface area contributed by atoms with E-state index in [1.165, 1.54) is 6.33 Å². The highest BCUT2D eigenvalue weighted by molar-refractivity contribution is 7.98. The molecule has 2 heterocycles. The van der Waals surface area contributed by atoms with E-state index in [2.05, 4.69) is 32.4 Å². The third-order valence-corrected chi connectivity index (χ3v) is 2.86. The van der Waals surface area contributed by atoms with Gasteiger partial charge in [-0.1, -0.05) is 11.8 Å². The number of thioether (sulfide) groups is 1. The Hall–Kier alpha value is -1.56. The molecule has 6 heteroatoms. The van der Waals surface area contributed by atoms with Gasteiger partial charge in [-0.2, -0.15) is 5.10 Å². The molecule has 0 radical (unpaired) electrons. The molecule has 2 aromatic heterocycles. The van der Waals surface area contributed by atoms with Crippen LogP contribution in [0.1, 0.15) is 12.6 Å². The maximum absolute atomic E-state index is 4.30. The number of rotatable bonds is 5. The van der Waals surface area contributed by atoms with Crippen molar-refractivity contribution in [3.63, 3.8) is 0 Å². The largest absolute Gasteiger partial charge is 0.385 e. The molecule has 0 saturated carbocycles. The van der Waals surface area contributed by atoms with Gasteiger partial charge in [-0.15, -0.1) is 0 Å². The zero-order valence-electron chi connectivity index (χ0n) is 8.97. The molecule has 5 nitrogen and oxygen atoms in total. The van der Waals surface area contributed by atoms with E-state index in [9.17, 15) is 0 Å². The lowest BCUT2D eigenvalue weighted by Gasteiger charge is -2.04. The van der Waals surface area contributed by atoms with Crippen molar-refractivity contribution in [3.05, 3.63) is 30.4 Å². The van der Waals surface area contributed by atoms with Crippen molar-refractivity contribution in [1.82, 2.24) is 20.2 Å². The van der Waals surface area contributed by atoms with Crippen LogP contribution >= 0.6 is 11.8 Å². The van der Waals surface area contributed by atoms with Crippen molar-refractivity contribution in [2.75, 3.05) is 11.9 Å². The van der Waals surface area contributed by atoms with Gasteiger partial charge in [0.1, 0.15) is 6.33 Å². The van der Waals surface area contributed by atoms with Gasteiger partial charge in [-0.3, -0.25) is 10.1 Å². The van der Waals surface area contributed by atoms with Gasteiger partial charge in [0.25, 0.3) is 0 Å². The second-order valence-corrected chi connectivity index (χ2v) is 4.11. The first-order chi connectivity index (χ1) is 7.88. The average molecular weight is 235 g/mol. The number of H-pyrrole nitrogens is 1. The molecule has 0 aromatic carbocycles. The van der Waals surface area contributed by atoms with Crippen LogP contribution in [-0.4, -0.2) is 26.7 Å². The molecule has 0 aliphatic rings. The second-order valence-electron chi connectivity index (χ2n) is 3.15. The van der Waals surface area contributed by atoms with Crippen LogP contribution in [0.3, 0.4) is 0 Å². The number of aromatic amines is 1. The lowest BCUT2D eigenvalue weighted by atomic mass is 10.3. The van der Waals surface area contributed by atoms with E-state index in [1.54, 1.807) is 11.8 Å². The van der Waals surface area contributed by atoms with Crippen LogP contribution in [0, 0.1) is 0 Å². The predicted octanol–water partition coefficient (Wildman–Crippen LogP) is 1.92. The van der Waals surface area contributed by atoms with Crippen LogP contribution in [0.2, 0.25) is 0 Å². The SMILES string of the molecule is CCNc1ccnc(CSc2ncn[nH]2)c1. The van der Waals surface area contributed by atoms with E-state index in [4.69, 9.17) is 0 Å². The van der Waals surface area contributed by atoms with E-state index < -0.39 is 0 Å². The Morgan fingerprint density at radius 3 is 3.12 bits per heavy atom. The first kappa shape index (κ1) is 10.9.